The predicted molar refractivity (Wildman–Crippen MR) is 90.9 cm³/mol. The van der Waals surface area contributed by atoms with Gasteiger partial charge in [-0.2, -0.15) is 0 Å². The molecular weight excluding hydrogens is 272 g/mol. The Balaban J connectivity index is 1.71. The highest BCUT2D eigenvalue weighted by Crippen LogP contribution is 2.14. The van der Waals surface area contributed by atoms with Gasteiger partial charge >= 0.3 is 0 Å². The van der Waals surface area contributed by atoms with Crippen molar-refractivity contribution in [2.45, 2.75) is 45.7 Å². The molecule has 1 aromatic heterocycles. The van der Waals surface area contributed by atoms with E-state index in [-0.39, 0.29) is 0 Å². The van der Waals surface area contributed by atoms with Gasteiger partial charge in [0.1, 0.15) is 5.75 Å². The minimum Gasteiger partial charge on any atom is -0.494 e. The Kier molecular flexibility index (Phi) is 7.47. The number of rotatable bonds is 10. The second kappa shape index (κ2) is 9.96. The first-order valence-corrected chi connectivity index (χ1v) is 8.20. The molecule has 0 aliphatic carbocycles. The number of hydrogen-bond acceptors (Lipinski definition) is 3. The molecule has 0 spiro atoms. The van der Waals surface area contributed by atoms with Crippen molar-refractivity contribution >= 4 is 0 Å². The van der Waals surface area contributed by atoms with E-state index in [2.05, 4.69) is 41.5 Å². The van der Waals surface area contributed by atoms with Crippen LogP contribution in [0.15, 0.2) is 48.8 Å². The SMILES string of the molecule is CCCCCCOc1cccc(CNCc2cccnc2)c1. The first-order chi connectivity index (χ1) is 10.9. The van der Waals surface area contributed by atoms with Gasteiger partial charge in [-0.3, -0.25) is 4.98 Å². The third-order valence-electron chi connectivity index (χ3n) is 3.55. The Morgan fingerprint density at radius 3 is 2.68 bits per heavy atom. The van der Waals surface area contributed by atoms with Crippen LogP contribution in [0.1, 0.15) is 43.7 Å². The van der Waals surface area contributed by atoms with Crippen LogP contribution in [-0.2, 0) is 13.1 Å². The van der Waals surface area contributed by atoms with Crippen LogP contribution in [0.25, 0.3) is 0 Å². The number of pyridine rings is 1. The fraction of sp³-hybridized carbons (Fsp3) is 0.421. The molecule has 0 fully saturated rings. The van der Waals surface area contributed by atoms with Gasteiger partial charge in [-0.25, -0.2) is 0 Å². The van der Waals surface area contributed by atoms with Crippen molar-refractivity contribution in [2.24, 2.45) is 0 Å². The van der Waals surface area contributed by atoms with Crippen molar-refractivity contribution in [2.75, 3.05) is 6.61 Å². The van der Waals surface area contributed by atoms with Gasteiger partial charge in [0.2, 0.25) is 0 Å². The highest BCUT2D eigenvalue weighted by molar-refractivity contribution is 5.28. The molecule has 0 atom stereocenters. The van der Waals surface area contributed by atoms with Crippen LogP contribution >= 0.6 is 0 Å². The van der Waals surface area contributed by atoms with Crippen molar-refractivity contribution in [3.63, 3.8) is 0 Å². The van der Waals surface area contributed by atoms with Gasteiger partial charge in [0.15, 0.2) is 0 Å². The van der Waals surface area contributed by atoms with Gasteiger partial charge in [-0.1, -0.05) is 44.4 Å². The summed E-state index contributed by atoms with van der Waals surface area (Å²) in [5, 5.41) is 3.43. The van der Waals surface area contributed by atoms with E-state index in [0.29, 0.717) is 0 Å². The van der Waals surface area contributed by atoms with E-state index in [1.807, 2.05) is 18.3 Å². The fourth-order valence-electron chi connectivity index (χ4n) is 2.32. The summed E-state index contributed by atoms with van der Waals surface area (Å²) in [5.41, 5.74) is 2.45. The largest absolute Gasteiger partial charge is 0.494 e. The molecule has 1 aromatic carbocycles. The number of unbranched alkanes of at least 4 members (excludes halogenated alkanes) is 3. The topological polar surface area (TPSA) is 34.1 Å². The van der Waals surface area contributed by atoms with Gasteiger partial charge in [0, 0.05) is 25.5 Å². The Morgan fingerprint density at radius 1 is 1.00 bits per heavy atom. The molecule has 0 unspecified atom stereocenters. The predicted octanol–water partition coefficient (Wildman–Crippen LogP) is 4.33. The maximum Gasteiger partial charge on any atom is 0.119 e. The Labute approximate surface area is 133 Å². The van der Waals surface area contributed by atoms with E-state index in [9.17, 15) is 0 Å². The molecule has 118 valence electrons. The normalized spacial score (nSPS) is 10.6. The van der Waals surface area contributed by atoms with Crippen LogP contribution in [-0.4, -0.2) is 11.6 Å². The highest BCUT2D eigenvalue weighted by Gasteiger charge is 1.98. The lowest BCUT2D eigenvalue weighted by atomic mass is 10.2. The molecule has 2 aromatic rings. The van der Waals surface area contributed by atoms with Crippen LogP contribution in [0.4, 0.5) is 0 Å². The molecule has 0 bridgehead atoms. The Morgan fingerprint density at radius 2 is 1.86 bits per heavy atom. The lowest BCUT2D eigenvalue weighted by Crippen LogP contribution is -2.12. The summed E-state index contributed by atoms with van der Waals surface area (Å²) in [6.45, 7) is 4.70. The monoisotopic (exact) mass is 298 g/mol. The summed E-state index contributed by atoms with van der Waals surface area (Å²) in [4.78, 5) is 4.12. The second-order valence-corrected chi connectivity index (χ2v) is 5.52. The maximum absolute atomic E-state index is 5.82. The second-order valence-electron chi connectivity index (χ2n) is 5.52. The van der Waals surface area contributed by atoms with Gasteiger partial charge in [0.05, 0.1) is 6.61 Å². The van der Waals surface area contributed by atoms with E-state index in [0.717, 1.165) is 31.9 Å². The summed E-state index contributed by atoms with van der Waals surface area (Å²) in [6, 6.07) is 12.4. The minimum absolute atomic E-state index is 0.812. The van der Waals surface area contributed by atoms with Crippen LogP contribution in [0.5, 0.6) is 5.75 Å². The third kappa shape index (κ3) is 6.27. The van der Waals surface area contributed by atoms with Crippen LogP contribution < -0.4 is 10.1 Å². The lowest BCUT2D eigenvalue weighted by Gasteiger charge is -2.09. The minimum atomic E-state index is 0.812. The zero-order valence-corrected chi connectivity index (χ0v) is 13.4. The average Bonchev–Trinajstić information content (AvgIpc) is 2.56. The van der Waals surface area contributed by atoms with Crippen LogP contribution in [0.2, 0.25) is 0 Å². The third-order valence-corrected chi connectivity index (χ3v) is 3.55. The molecule has 0 saturated heterocycles. The van der Waals surface area contributed by atoms with Crippen molar-refractivity contribution in [1.29, 1.82) is 0 Å². The number of nitrogens with one attached hydrogen (secondary N) is 1. The van der Waals surface area contributed by atoms with Crippen LogP contribution in [0.3, 0.4) is 0 Å². The zero-order chi connectivity index (χ0) is 15.5. The van der Waals surface area contributed by atoms with E-state index < -0.39 is 0 Å². The molecule has 0 saturated carbocycles. The van der Waals surface area contributed by atoms with E-state index in [1.54, 1.807) is 6.20 Å². The number of aromatic nitrogens is 1. The molecule has 1 N–H and O–H groups in total. The summed E-state index contributed by atoms with van der Waals surface area (Å²) in [6.07, 6.45) is 8.63. The maximum atomic E-state index is 5.82. The number of nitrogens with zero attached hydrogens (tertiary/aromatic N) is 1. The summed E-state index contributed by atoms with van der Waals surface area (Å²) in [5.74, 6) is 0.970. The standard InChI is InChI=1S/C19H26N2O/c1-2-3-4-5-12-22-19-10-6-8-17(13-19)14-21-16-18-9-7-11-20-15-18/h6-11,13,15,21H,2-5,12,14,16H2,1H3. The summed E-state index contributed by atoms with van der Waals surface area (Å²) < 4.78 is 5.82. The fourth-order valence-corrected chi connectivity index (χ4v) is 2.32. The molecule has 0 amide bonds. The number of ether oxygens (including phenoxy) is 1. The van der Waals surface area contributed by atoms with Gasteiger partial charge < -0.3 is 10.1 Å². The average molecular weight is 298 g/mol. The van der Waals surface area contributed by atoms with Crippen LogP contribution in [0, 0.1) is 0 Å². The molecule has 22 heavy (non-hydrogen) atoms. The summed E-state index contributed by atoms with van der Waals surface area (Å²) in [7, 11) is 0. The number of hydrogen-bond donors (Lipinski definition) is 1. The number of benzene rings is 1. The highest BCUT2D eigenvalue weighted by atomic mass is 16.5. The molecule has 1 heterocycles. The van der Waals surface area contributed by atoms with Crippen molar-refractivity contribution in [3.05, 3.63) is 59.9 Å². The quantitative estimate of drug-likeness (QED) is 0.663. The van der Waals surface area contributed by atoms with E-state index in [4.69, 9.17) is 4.74 Å². The molecule has 0 radical (unpaired) electrons. The van der Waals surface area contributed by atoms with Crippen molar-refractivity contribution in [1.82, 2.24) is 10.3 Å². The Hall–Kier alpha value is -1.87. The smallest absolute Gasteiger partial charge is 0.119 e. The summed E-state index contributed by atoms with van der Waals surface area (Å²) >= 11 is 0. The lowest BCUT2D eigenvalue weighted by molar-refractivity contribution is 0.304. The van der Waals surface area contributed by atoms with E-state index >= 15 is 0 Å². The van der Waals surface area contributed by atoms with Gasteiger partial charge in [-0.05, 0) is 35.7 Å². The molecular formula is C19H26N2O. The molecule has 2 rings (SSSR count). The Bertz CT molecular complexity index is 528. The van der Waals surface area contributed by atoms with E-state index in [1.165, 1.54) is 30.4 Å². The van der Waals surface area contributed by atoms with Crippen molar-refractivity contribution < 1.29 is 4.74 Å². The molecule has 3 nitrogen and oxygen atoms in total. The molecule has 0 aliphatic rings. The molecule has 3 heteroatoms. The van der Waals surface area contributed by atoms with Gasteiger partial charge in [-0.15, -0.1) is 0 Å². The van der Waals surface area contributed by atoms with Crippen molar-refractivity contribution in [3.8, 4) is 5.75 Å². The van der Waals surface area contributed by atoms with Gasteiger partial charge in [0.25, 0.3) is 0 Å². The zero-order valence-electron chi connectivity index (χ0n) is 13.4. The first kappa shape index (κ1) is 16.5. The first-order valence-electron chi connectivity index (χ1n) is 8.20. The molecule has 0 aliphatic heterocycles.